The van der Waals surface area contributed by atoms with Gasteiger partial charge in [-0.1, -0.05) is 41.4 Å². The summed E-state index contributed by atoms with van der Waals surface area (Å²) in [6, 6.07) is 13.3. The molecule has 8 N–H and O–H groups in total. The highest BCUT2D eigenvalue weighted by Gasteiger charge is 2.46. The molecule has 12 nitrogen and oxygen atoms in total. The molecule has 2 aliphatic rings. The molecule has 2 amide bonds. The van der Waals surface area contributed by atoms with Gasteiger partial charge < -0.3 is 51.0 Å². The number of aliphatic hydroxyl groups excluding tert-OH is 5. The van der Waals surface area contributed by atoms with Gasteiger partial charge in [0.1, 0.15) is 30.2 Å². The van der Waals surface area contributed by atoms with Crippen LogP contribution >= 0.6 is 23.2 Å². The summed E-state index contributed by atoms with van der Waals surface area (Å²) in [6.07, 6.45) is 1.10. The summed E-state index contributed by atoms with van der Waals surface area (Å²) < 4.78 is 11.5. The molecule has 1 aromatic heterocycles. The molecule has 0 unspecified atom stereocenters. The predicted molar refractivity (Wildman–Crippen MR) is 185 cm³/mol. The van der Waals surface area contributed by atoms with Crippen LogP contribution in [0.3, 0.4) is 0 Å². The fourth-order valence-corrected chi connectivity index (χ4v) is 6.27. The van der Waals surface area contributed by atoms with Gasteiger partial charge in [0.25, 0.3) is 0 Å². The number of nitrogens with one attached hydrogen (secondary N) is 3. The molecule has 0 spiro atoms. The van der Waals surface area contributed by atoms with E-state index in [1.807, 2.05) is 42.6 Å². The monoisotopic (exact) mass is 718 g/mol. The van der Waals surface area contributed by atoms with Crippen molar-refractivity contribution in [2.45, 2.75) is 74.7 Å². The average Bonchev–Trinajstić information content (AvgIpc) is 3.89. The van der Waals surface area contributed by atoms with Crippen molar-refractivity contribution in [3.63, 3.8) is 0 Å². The van der Waals surface area contributed by atoms with Gasteiger partial charge in [0.05, 0.1) is 25.9 Å². The largest absolute Gasteiger partial charge is 0.485 e. The molecule has 2 aromatic carbocycles. The Morgan fingerprint density at radius 1 is 0.959 bits per heavy atom. The Hall–Kier alpha value is -3.04. The van der Waals surface area contributed by atoms with Crippen LogP contribution in [0.1, 0.15) is 42.4 Å². The van der Waals surface area contributed by atoms with Gasteiger partial charge in [0, 0.05) is 53.2 Å². The minimum atomic E-state index is -1.76. The molecular formula is C35H44Cl2N4O8. The molecule has 49 heavy (non-hydrogen) atoms. The Labute approximate surface area is 295 Å². The molecule has 3 aromatic rings. The first-order valence-corrected chi connectivity index (χ1v) is 17.2. The summed E-state index contributed by atoms with van der Waals surface area (Å²) in [6.45, 7) is 0.925. The number of aromatic nitrogens is 1. The van der Waals surface area contributed by atoms with Crippen molar-refractivity contribution in [3.05, 3.63) is 81.6 Å². The van der Waals surface area contributed by atoms with Crippen LogP contribution < -0.4 is 20.7 Å². The van der Waals surface area contributed by atoms with E-state index in [1.54, 1.807) is 6.20 Å². The summed E-state index contributed by atoms with van der Waals surface area (Å²) in [5.41, 5.74) is 4.77. The summed E-state index contributed by atoms with van der Waals surface area (Å²) in [5, 5.41) is 57.7. The standard InChI is InChI=1S/C35H44Cl2N4O8/c36-27-14-22(28(37)13-21(27)5-3-4-11-39-34(47)40-17-29(43)32(45)33(46)30(44)18-42)15-41-35(9-10-35)26-16-38-12-8-24(26)25-6-1-2-7-31(25)49-23-19-48-20-23/h1-2,6-8,12-14,16,23,29-30,32-33,41-46H,3-5,9-11,15,17-20H2,(H2,39,40,47)/t29-,30+,32+,33+/m0/s1. The molecule has 5 rings (SSSR count). The van der Waals surface area contributed by atoms with Gasteiger partial charge in [-0.3, -0.25) is 4.98 Å². The summed E-state index contributed by atoms with van der Waals surface area (Å²) >= 11 is 13.4. The number of pyridine rings is 1. The third-order valence-electron chi connectivity index (χ3n) is 8.95. The van der Waals surface area contributed by atoms with E-state index < -0.39 is 37.1 Å². The SMILES string of the molecule is O=C(NCCCCc1cc(Cl)c(CNC2(c3cnccc3-c3ccccc3OC3COC3)CC2)cc1Cl)NC[C@H](O)[C@@H](O)[C@H](O)[C@H](O)CO. The molecule has 4 atom stereocenters. The number of unbranched alkanes of at least 4 members (excludes halogenated alkanes) is 1. The van der Waals surface area contributed by atoms with Crippen molar-refractivity contribution in [1.82, 2.24) is 20.9 Å². The van der Waals surface area contributed by atoms with Gasteiger partial charge >= 0.3 is 6.03 Å². The molecule has 2 heterocycles. The Morgan fingerprint density at radius 3 is 2.39 bits per heavy atom. The number of carbonyl (C=O) groups excluding carboxylic acids is 1. The van der Waals surface area contributed by atoms with E-state index in [4.69, 9.17) is 37.8 Å². The molecule has 0 radical (unpaired) electrons. The Balaban J connectivity index is 1.10. The van der Waals surface area contributed by atoms with Crippen LogP contribution in [0.15, 0.2) is 54.9 Å². The quantitative estimate of drug-likeness (QED) is 0.0910. The smallest absolute Gasteiger partial charge is 0.314 e. The zero-order valence-electron chi connectivity index (χ0n) is 27.0. The average molecular weight is 720 g/mol. The number of nitrogens with zero attached hydrogens (tertiary/aromatic N) is 1. The Kier molecular flexibility index (Phi) is 13.1. The van der Waals surface area contributed by atoms with Gasteiger partial charge in [-0.15, -0.1) is 0 Å². The predicted octanol–water partition coefficient (Wildman–Crippen LogP) is 2.67. The maximum Gasteiger partial charge on any atom is 0.314 e. The minimum Gasteiger partial charge on any atom is -0.485 e. The highest BCUT2D eigenvalue weighted by Crippen LogP contribution is 2.50. The van der Waals surface area contributed by atoms with E-state index in [0.717, 1.165) is 52.8 Å². The van der Waals surface area contributed by atoms with E-state index in [9.17, 15) is 25.2 Å². The summed E-state index contributed by atoms with van der Waals surface area (Å²) in [4.78, 5) is 16.5. The number of hydrogen-bond acceptors (Lipinski definition) is 10. The van der Waals surface area contributed by atoms with Crippen LogP contribution in [-0.2, 0) is 23.2 Å². The van der Waals surface area contributed by atoms with Crippen LogP contribution in [0.5, 0.6) is 5.75 Å². The first-order valence-electron chi connectivity index (χ1n) is 16.5. The highest BCUT2D eigenvalue weighted by atomic mass is 35.5. The number of benzene rings is 2. The summed E-state index contributed by atoms with van der Waals surface area (Å²) in [5.74, 6) is 0.828. The van der Waals surface area contributed by atoms with Crippen LogP contribution in [0, 0.1) is 0 Å². The molecule has 1 saturated carbocycles. The lowest BCUT2D eigenvalue weighted by Gasteiger charge is -2.28. The van der Waals surface area contributed by atoms with Gasteiger partial charge in [-0.2, -0.15) is 0 Å². The van der Waals surface area contributed by atoms with Crippen LogP contribution in [0.2, 0.25) is 10.0 Å². The number of amides is 2. The minimum absolute atomic E-state index is 0.0591. The third kappa shape index (κ3) is 9.60. The van der Waals surface area contributed by atoms with E-state index >= 15 is 0 Å². The number of carbonyl (C=O) groups is 1. The zero-order valence-corrected chi connectivity index (χ0v) is 28.5. The van der Waals surface area contributed by atoms with Gasteiger partial charge in [-0.05, 0) is 78.6 Å². The van der Waals surface area contributed by atoms with Gasteiger partial charge in [0.15, 0.2) is 0 Å². The fourth-order valence-electron chi connectivity index (χ4n) is 5.74. The molecule has 14 heteroatoms. The molecular weight excluding hydrogens is 675 g/mol. The molecule has 2 fully saturated rings. The molecule has 1 aliphatic heterocycles. The van der Waals surface area contributed by atoms with Crippen molar-refractivity contribution in [3.8, 4) is 16.9 Å². The number of aliphatic hydroxyl groups is 5. The lowest BCUT2D eigenvalue weighted by molar-refractivity contribution is -0.113. The first-order chi connectivity index (χ1) is 23.6. The highest BCUT2D eigenvalue weighted by molar-refractivity contribution is 6.34. The lowest BCUT2D eigenvalue weighted by atomic mass is 9.94. The van der Waals surface area contributed by atoms with Gasteiger partial charge in [0.2, 0.25) is 0 Å². The normalized spacial score (nSPS) is 17.8. The van der Waals surface area contributed by atoms with Crippen molar-refractivity contribution in [2.24, 2.45) is 0 Å². The molecule has 1 aliphatic carbocycles. The molecule has 1 saturated heterocycles. The second-order valence-corrected chi connectivity index (χ2v) is 13.4. The van der Waals surface area contributed by atoms with Crippen LogP contribution in [-0.4, -0.2) is 100.0 Å². The van der Waals surface area contributed by atoms with Crippen molar-refractivity contribution >= 4 is 29.2 Å². The number of ether oxygens (including phenoxy) is 2. The summed E-state index contributed by atoms with van der Waals surface area (Å²) in [7, 11) is 0. The van der Waals surface area contributed by atoms with Crippen molar-refractivity contribution in [1.29, 1.82) is 0 Å². The van der Waals surface area contributed by atoms with E-state index in [2.05, 4.69) is 27.0 Å². The number of para-hydroxylation sites is 1. The maximum atomic E-state index is 12.1. The fraction of sp³-hybridized carbons (Fsp3) is 0.486. The maximum absolute atomic E-state index is 12.1. The number of hydrogen-bond donors (Lipinski definition) is 8. The van der Waals surface area contributed by atoms with Crippen molar-refractivity contribution < 1.29 is 39.8 Å². The zero-order chi connectivity index (χ0) is 35.0. The third-order valence-corrected chi connectivity index (χ3v) is 9.66. The van der Waals surface area contributed by atoms with E-state index in [0.29, 0.717) is 49.2 Å². The lowest BCUT2D eigenvalue weighted by Crippen LogP contribution is -2.50. The van der Waals surface area contributed by atoms with Crippen molar-refractivity contribution in [2.75, 3.05) is 32.9 Å². The topological polar surface area (TPSA) is 186 Å². The second-order valence-electron chi connectivity index (χ2n) is 12.6. The molecule has 0 bridgehead atoms. The number of aryl methyl sites for hydroxylation is 1. The Morgan fingerprint density at radius 2 is 1.67 bits per heavy atom. The number of urea groups is 1. The van der Waals surface area contributed by atoms with Crippen LogP contribution in [0.25, 0.3) is 11.1 Å². The number of rotatable bonds is 18. The van der Waals surface area contributed by atoms with E-state index in [1.165, 1.54) is 0 Å². The number of halogens is 2. The Bertz CT molecular complexity index is 1560. The van der Waals surface area contributed by atoms with E-state index in [-0.39, 0.29) is 18.2 Å². The second kappa shape index (κ2) is 17.3. The van der Waals surface area contributed by atoms with Crippen LogP contribution in [0.4, 0.5) is 4.79 Å². The van der Waals surface area contributed by atoms with Gasteiger partial charge in [-0.25, -0.2) is 4.79 Å². The first kappa shape index (κ1) is 37.2. The molecule has 266 valence electrons.